The van der Waals surface area contributed by atoms with Gasteiger partial charge in [0.2, 0.25) is 8.32 Å². The Kier molecular flexibility index (Phi) is 1.43. The van der Waals surface area contributed by atoms with E-state index in [1.54, 1.807) is 7.11 Å². The average Bonchev–Trinajstić information content (AvgIpc) is 2.44. The van der Waals surface area contributed by atoms with Gasteiger partial charge in [-0.2, -0.15) is 0 Å². The van der Waals surface area contributed by atoms with Crippen LogP contribution in [0.4, 0.5) is 0 Å². The second kappa shape index (κ2) is 1.82. The van der Waals surface area contributed by atoms with Crippen molar-refractivity contribution in [3.63, 3.8) is 0 Å². The van der Waals surface area contributed by atoms with Crippen LogP contribution in [-0.2, 0) is 9.16 Å². The minimum atomic E-state index is -1.37. The zero-order valence-corrected chi connectivity index (χ0v) is 6.60. The maximum absolute atomic E-state index is 5.28. The molecule has 1 heterocycles. The lowest BCUT2D eigenvalue weighted by Gasteiger charge is -2.15. The zero-order valence-electron chi connectivity index (χ0n) is 5.60. The SMILES string of the molecule is CO[Si](C)(C)C1CO1. The molecule has 0 spiro atoms. The lowest BCUT2D eigenvalue weighted by atomic mass is 11.0. The van der Waals surface area contributed by atoms with Crippen LogP contribution in [0, 0.1) is 0 Å². The second-order valence-corrected chi connectivity index (χ2v) is 6.89. The van der Waals surface area contributed by atoms with Gasteiger partial charge in [0.1, 0.15) is 0 Å². The van der Waals surface area contributed by atoms with E-state index in [2.05, 4.69) is 13.1 Å². The van der Waals surface area contributed by atoms with Gasteiger partial charge in [-0.05, 0) is 13.1 Å². The van der Waals surface area contributed by atoms with E-state index in [-0.39, 0.29) is 0 Å². The highest BCUT2D eigenvalue weighted by molar-refractivity contribution is 6.73. The third kappa shape index (κ3) is 1.10. The highest BCUT2D eigenvalue weighted by Crippen LogP contribution is 2.22. The van der Waals surface area contributed by atoms with Crippen molar-refractivity contribution < 1.29 is 9.16 Å². The summed E-state index contributed by atoms with van der Waals surface area (Å²) in [5, 5.41) is 0. The molecular weight excluding hydrogens is 120 g/mol. The van der Waals surface area contributed by atoms with Crippen molar-refractivity contribution in [1.82, 2.24) is 0 Å². The van der Waals surface area contributed by atoms with Gasteiger partial charge in [0.05, 0.1) is 12.3 Å². The van der Waals surface area contributed by atoms with E-state index in [9.17, 15) is 0 Å². The average molecular weight is 132 g/mol. The van der Waals surface area contributed by atoms with E-state index in [0.29, 0.717) is 5.73 Å². The Bertz CT molecular complexity index is 88.4. The lowest BCUT2D eigenvalue weighted by Crippen LogP contribution is -2.36. The lowest BCUT2D eigenvalue weighted by molar-refractivity contribution is 0.365. The summed E-state index contributed by atoms with van der Waals surface area (Å²) in [6.07, 6.45) is 0. The fourth-order valence-corrected chi connectivity index (χ4v) is 1.74. The van der Waals surface area contributed by atoms with E-state index >= 15 is 0 Å². The molecule has 1 fully saturated rings. The molecule has 1 unspecified atom stereocenters. The first-order chi connectivity index (χ1) is 3.67. The first-order valence-electron chi connectivity index (χ1n) is 2.83. The maximum atomic E-state index is 5.28. The first-order valence-corrected chi connectivity index (χ1v) is 5.82. The number of epoxide rings is 1. The molecule has 1 rings (SSSR count). The maximum Gasteiger partial charge on any atom is 0.217 e. The summed E-state index contributed by atoms with van der Waals surface area (Å²) in [5.74, 6) is 0. The van der Waals surface area contributed by atoms with Gasteiger partial charge in [0.25, 0.3) is 0 Å². The van der Waals surface area contributed by atoms with Gasteiger partial charge < -0.3 is 9.16 Å². The highest BCUT2D eigenvalue weighted by atomic mass is 28.4. The van der Waals surface area contributed by atoms with Gasteiger partial charge in [-0.3, -0.25) is 0 Å². The Balaban J connectivity index is 2.37. The number of hydrogen-bond acceptors (Lipinski definition) is 2. The topological polar surface area (TPSA) is 21.8 Å². The molecule has 3 heteroatoms. The van der Waals surface area contributed by atoms with Crippen molar-refractivity contribution >= 4 is 8.32 Å². The van der Waals surface area contributed by atoms with E-state index < -0.39 is 8.32 Å². The standard InChI is InChI=1S/C5H12O2Si/c1-6-8(2,3)5-4-7-5/h5H,4H2,1-3H3. The van der Waals surface area contributed by atoms with Gasteiger partial charge in [-0.15, -0.1) is 0 Å². The summed E-state index contributed by atoms with van der Waals surface area (Å²) in [6, 6.07) is 0. The third-order valence-electron chi connectivity index (χ3n) is 1.63. The van der Waals surface area contributed by atoms with Crippen LogP contribution in [-0.4, -0.2) is 27.8 Å². The van der Waals surface area contributed by atoms with Crippen molar-refractivity contribution in [1.29, 1.82) is 0 Å². The molecule has 0 aromatic heterocycles. The Hall–Kier alpha value is 0.137. The molecule has 0 amide bonds. The van der Waals surface area contributed by atoms with Crippen LogP contribution in [0.5, 0.6) is 0 Å². The zero-order chi connectivity index (χ0) is 6.20. The fraction of sp³-hybridized carbons (Fsp3) is 1.00. The molecular formula is C5H12O2Si. The normalized spacial score (nSPS) is 28.1. The molecule has 0 aliphatic carbocycles. The predicted molar refractivity (Wildman–Crippen MR) is 34.2 cm³/mol. The summed E-state index contributed by atoms with van der Waals surface area (Å²) in [7, 11) is 0.406. The van der Waals surface area contributed by atoms with Crippen LogP contribution >= 0.6 is 0 Å². The smallest absolute Gasteiger partial charge is 0.217 e. The minimum Gasteiger partial charge on any atom is -0.418 e. The van der Waals surface area contributed by atoms with E-state index in [4.69, 9.17) is 9.16 Å². The van der Waals surface area contributed by atoms with Gasteiger partial charge in [0.15, 0.2) is 0 Å². The molecule has 0 saturated carbocycles. The molecule has 0 radical (unpaired) electrons. The fourth-order valence-electron chi connectivity index (χ4n) is 0.581. The van der Waals surface area contributed by atoms with E-state index in [1.165, 1.54) is 0 Å². The van der Waals surface area contributed by atoms with Crippen molar-refractivity contribution in [3.05, 3.63) is 0 Å². The van der Waals surface area contributed by atoms with E-state index in [0.717, 1.165) is 6.61 Å². The largest absolute Gasteiger partial charge is 0.418 e. The summed E-state index contributed by atoms with van der Waals surface area (Å²) < 4.78 is 10.4. The minimum absolute atomic E-state index is 0.479. The van der Waals surface area contributed by atoms with E-state index in [1.807, 2.05) is 0 Å². The predicted octanol–water partition coefficient (Wildman–Crippen LogP) is 0.776. The van der Waals surface area contributed by atoms with Crippen LogP contribution in [0.15, 0.2) is 0 Å². The molecule has 0 N–H and O–H groups in total. The second-order valence-electron chi connectivity index (χ2n) is 2.63. The van der Waals surface area contributed by atoms with Gasteiger partial charge in [-0.25, -0.2) is 0 Å². The van der Waals surface area contributed by atoms with Crippen LogP contribution in [0.3, 0.4) is 0 Å². The highest BCUT2D eigenvalue weighted by Gasteiger charge is 2.42. The molecule has 48 valence electrons. The summed E-state index contributed by atoms with van der Waals surface area (Å²) >= 11 is 0. The monoisotopic (exact) mass is 132 g/mol. The molecule has 0 bridgehead atoms. The summed E-state index contributed by atoms with van der Waals surface area (Å²) in [5.41, 5.74) is 0.479. The van der Waals surface area contributed by atoms with Gasteiger partial charge in [0, 0.05) is 7.11 Å². The number of ether oxygens (including phenoxy) is 1. The van der Waals surface area contributed by atoms with Crippen molar-refractivity contribution in [3.8, 4) is 0 Å². The summed E-state index contributed by atoms with van der Waals surface area (Å²) in [6.45, 7) is 5.27. The molecule has 0 aromatic rings. The molecule has 2 nitrogen and oxygen atoms in total. The van der Waals surface area contributed by atoms with Crippen LogP contribution in [0.2, 0.25) is 13.1 Å². The van der Waals surface area contributed by atoms with Crippen molar-refractivity contribution in [2.24, 2.45) is 0 Å². The van der Waals surface area contributed by atoms with Crippen LogP contribution in [0.25, 0.3) is 0 Å². The van der Waals surface area contributed by atoms with Crippen molar-refractivity contribution in [2.45, 2.75) is 18.8 Å². The molecule has 8 heavy (non-hydrogen) atoms. The van der Waals surface area contributed by atoms with Gasteiger partial charge >= 0.3 is 0 Å². The molecule has 1 saturated heterocycles. The van der Waals surface area contributed by atoms with Crippen LogP contribution in [0.1, 0.15) is 0 Å². The van der Waals surface area contributed by atoms with Crippen LogP contribution < -0.4 is 0 Å². The number of hydrogen-bond donors (Lipinski definition) is 0. The summed E-state index contributed by atoms with van der Waals surface area (Å²) in [4.78, 5) is 0. The van der Waals surface area contributed by atoms with Crippen molar-refractivity contribution in [2.75, 3.05) is 13.7 Å². The molecule has 1 atom stereocenters. The molecule has 1 aliphatic heterocycles. The Morgan fingerprint density at radius 1 is 1.62 bits per heavy atom. The number of rotatable bonds is 2. The third-order valence-corrected chi connectivity index (χ3v) is 4.57. The molecule has 0 aromatic carbocycles. The Morgan fingerprint density at radius 2 is 2.12 bits per heavy atom. The van der Waals surface area contributed by atoms with Gasteiger partial charge in [-0.1, -0.05) is 0 Å². The first kappa shape index (κ1) is 6.26. The Labute approximate surface area is 50.9 Å². The quantitative estimate of drug-likeness (QED) is 0.409. The molecule has 1 aliphatic rings. The Morgan fingerprint density at radius 3 is 2.25 bits per heavy atom.